The maximum atomic E-state index is 12.1. The van der Waals surface area contributed by atoms with Gasteiger partial charge in [0.05, 0.1) is 23.2 Å². The molecule has 3 aromatic heterocycles. The van der Waals surface area contributed by atoms with Crippen molar-refractivity contribution in [1.29, 1.82) is 0 Å². The third-order valence-corrected chi connectivity index (χ3v) is 4.32. The Labute approximate surface area is 163 Å². The Bertz CT molecular complexity index is 830. The van der Waals surface area contributed by atoms with Gasteiger partial charge >= 0.3 is 0 Å². The minimum atomic E-state index is -0.0948. The second-order valence-corrected chi connectivity index (χ2v) is 6.25. The van der Waals surface area contributed by atoms with Crippen LogP contribution in [-0.4, -0.2) is 31.6 Å². The van der Waals surface area contributed by atoms with E-state index in [1.807, 2.05) is 51.1 Å². The number of hydrogen-bond acceptors (Lipinski definition) is 6. The molecule has 1 unspecified atom stereocenters. The van der Waals surface area contributed by atoms with Gasteiger partial charge in [-0.05, 0) is 36.8 Å². The topological polar surface area (TPSA) is 80.7 Å². The molecule has 6 nitrogen and oxygen atoms in total. The van der Waals surface area contributed by atoms with Crippen LogP contribution in [0.3, 0.4) is 0 Å². The third-order valence-electron chi connectivity index (χ3n) is 3.46. The molecule has 0 saturated carbocycles. The Morgan fingerprint density at radius 1 is 1.04 bits per heavy atom. The van der Waals surface area contributed by atoms with Gasteiger partial charge in [-0.1, -0.05) is 37.7 Å². The highest BCUT2D eigenvalue weighted by atomic mass is 32.2. The lowest BCUT2D eigenvalue weighted by atomic mass is 10.1. The van der Waals surface area contributed by atoms with Crippen molar-refractivity contribution in [1.82, 2.24) is 25.3 Å². The Morgan fingerprint density at radius 3 is 2.59 bits per heavy atom. The van der Waals surface area contributed by atoms with E-state index in [2.05, 4.69) is 25.3 Å². The number of nitrogens with one attached hydrogen (secondary N) is 1. The molecule has 3 aromatic rings. The molecule has 27 heavy (non-hydrogen) atoms. The van der Waals surface area contributed by atoms with Crippen molar-refractivity contribution in [3.8, 4) is 11.4 Å². The van der Waals surface area contributed by atoms with Crippen molar-refractivity contribution < 1.29 is 4.79 Å². The molecule has 0 spiro atoms. The molecule has 0 radical (unpaired) electrons. The van der Waals surface area contributed by atoms with E-state index in [0.29, 0.717) is 5.16 Å². The minimum Gasteiger partial charge on any atom is -0.349 e. The number of rotatable bonds is 6. The lowest BCUT2D eigenvalue weighted by Gasteiger charge is -2.13. The summed E-state index contributed by atoms with van der Waals surface area (Å²) in [5, 5.41) is 3.49. The zero-order valence-electron chi connectivity index (χ0n) is 15.7. The molecule has 0 aliphatic carbocycles. The fourth-order valence-corrected chi connectivity index (χ4v) is 2.84. The van der Waals surface area contributed by atoms with Gasteiger partial charge in [-0.2, -0.15) is 0 Å². The van der Waals surface area contributed by atoms with Crippen LogP contribution in [0, 0.1) is 0 Å². The van der Waals surface area contributed by atoms with E-state index in [0.717, 1.165) is 17.0 Å². The van der Waals surface area contributed by atoms with E-state index in [1.165, 1.54) is 11.8 Å². The summed E-state index contributed by atoms with van der Waals surface area (Å²) in [7, 11) is 0. The first-order valence-electron chi connectivity index (χ1n) is 8.79. The lowest BCUT2D eigenvalue weighted by molar-refractivity contribution is -0.119. The van der Waals surface area contributed by atoms with Crippen LogP contribution < -0.4 is 5.32 Å². The van der Waals surface area contributed by atoms with E-state index in [-0.39, 0.29) is 17.7 Å². The van der Waals surface area contributed by atoms with Gasteiger partial charge in [0.1, 0.15) is 0 Å². The van der Waals surface area contributed by atoms with E-state index in [9.17, 15) is 4.79 Å². The van der Waals surface area contributed by atoms with Crippen LogP contribution in [0.5, 0.6) is 0 Å². The van der Waals surface area contributed by atoms with Crippen LogP contribution in [0.1, 0.15) is 32.4 Å². The molecule has 0 fully saturated rings. The minimum absolute atomic E-state index is 0.0757. The van der Waals surface area contributed by atoms with Crippen molar-refractivity contribution >= 4 is 17.7 Å². The SMILES string of the molecule is CC.CC(NC(=O)CSc1nccc(-c2ccccn2)n1)c1cccnc1. The number of carbonyl (C=O) groups is 1. The number of nitrogens with zero attached hydrogens (tertiary/aromatic N) is 4. The zero-order valence-corrected chi connectivity index (χ0v) is 16.5. The van der Waals surface area contributed by atoms with Gasteiger partial charge in [-0.25, -0.2) is 9.97 Å². The second kappa shape index (κ2) is 11.0. The van der Waals surface area contributed by atoms with Gasteiger partial charge in [0, 0.05) is 24.8 Å². The van der Waals surface area contributed by atoms with Crippen LogP contribution in [0.25, 0.3) is 11.4 Å². The smallest absolute Gasteiger partial charge is 0.230 e. The number of thioether (sulfide) groups is 1. The molecule has 1 amide bonds. The van der Waals surface area contributed by atoms with Gasteiger partial charge in [0.15, 0.2) is 5.16 Å². The average Bonchev–Trinajstić information content (AvgIpc) is 2.75. The Balaban J connectivity index is 0.00000126. The van der Waals surface area contributed by atoms with Crippen LogP contribution >= 0.6 is 11.8 Å². The van der Waals surface area contributed by atoms with Crippen LogP contribution in [-0.2, 0) is 4.79 Å². The summed E-state index contributed by atoms with van der Waals surface area (Å²) in [5.41, 5.74) is 2.48. The van der Waals surface area contributed by atoms with Crippen molar-refractivity contribution in [3.63, 3.8) is 0 Å². The predicted octanol–water partition coefficient (Wildman–Crippen LogP) is 3.93. The summed E-state index contributed by atoms with van der Waals surface area (Å²) in [6, 6.07) is 11.1. The highest BCUT2D eigenvalue weighted by Crippen LogP contribution is 2.18. The fraction of sp³-hybridized carbons (Fsp3) is 0.250. The summed E-state index contributed by atoms with van der Waals surface area (Å²) < 4.78 is 0. The quantitative estimate of drug-likeness (QED) is 0.515. The van der Waals surface area contributed by atoms with Crippen molar-refractivity contribution in [3.05, 3.63) is 66.7 Å². The fourth-order valence-electron chi connectivity index (χ4n) is 2.20. The standard InChI is InChI=1S/C18H17N5OS.C2H6/c1-13(14-5-4-8-19-11-14)22-17(24)12-25-18-21-10-7-16(23-18)15-6-2-3-9-20-15;1-2/h2-11,13H,12H2,1H3,(H,22,24);1-2H3. The Hall–Kier alpha value is -2.80. The summed E-state index contributed by atoms with van der Waals surface area (Å²) in [6.45, 7) is 5.93. The monoisotopic (exact) mass is 381 g/mol. The highest BCUT2D eigenvalue weighted by Gasteiger charge is 2.11. The van der Waals surface area contributed by atoms with Crippen molar-refractivity contribution in [2.24, 2.45) is 0 Å². The summed E-state index contributed by atoms with van der Waals surface area (Å²) >= 11 is 1.30. The number of pyridine rings is 2. The highest BCUT2D eigenvalue weighted by molar-refractivity contribution is 7.99. The normalized spacial score (nSPS) is 11.1. The van der Waals surface area contributed by atoms with Crippen LogP contribution in [0.2, 0.25) is 0 Å². The molecule has 140 valence electrons. The van der Waals surface area contributed by atoms with Crippen molar-refractivity contribution in [2.45, 2.75) is 32.0 Å². The van der Waals surface area contributed by atoms with E-state index < -0.39 is 0 Å². The number of amides is 1. The number of aromatic nitrogens is 4. The molecule has 3 rings (SSSR count). The molecule has 0 aromatic carbocycles. The second-order valence-electron chi connectivity index (χ2n) is 5.30. The van der Waals surface area contributed by atoms with Crippen molar-refractivity contribution in [2.75, 3.05) is 5.75 Å². The van der Waals surface area contributed by atoms with Crippen LogP contribution in [0.4, 0.5) is 0 Å². The first kappa shape index (κ1) is 20.5. The molecular formula is C20H23N5OS. The van der Waals surface area contributed by atoms with E-state index in [1.54, 1.807) is 30.9 Å². The summed E-state index contributed by atoms with van der Waals surface area (Å²) in [4.78, 5) is 29.1. The summed E-state index contributed by atoms with van der Waals surface area (Å²) in [5.74, 6) is 0.171. The molecule has 0 bridgehead atoms. The van der Waals surface area contributed by atoms with Gasteiger partial charge < -0.3 is 5.32 Å². The molecule has 7 heteroatoms. The number of carbonyl (C=O) groups excluding carboxylic acids is 1. The Kier molecular flexibility index (Phi) is 8.38. The largest absolute Gasteiger partial charge is 0.349 e. The Morgan fingerprint density at radius 2 is 1.89 bits per heavy atom. The van der Waals surface area contributed by atoms with Gasteiger partial charge in [-0.3, -0.25) is 14.8 Å². The molecule has 1 N–H and O–H groups in total. The number of hydrogen-bond donors (Lipinski definition) is 1. The van der Waals surface area contributed by atoms with Crippen LogP contribution in [0.15, 0.2) is 66.3 Å². The molecule has 0 aliphatic rings. The average molecular weight is 382 g/mol. The third kappa shape index (κ3) is 6.45. The maximum Gasteiger partial charge on any atom is 0.230 e. The first-order valence-corrected chi connectivity index (χ1v) is 9.77. The van der Waals surface area contributed by atoms with Gasteiger partial charge in [0.25, 0.3) is 0 Å². The van der Waals surface area contributed by atoms with E-state index in [4.69, 9.17) is 0 Å². The molecular weight excluding hydrogens is 358 g/mol. The predicted molar refractivity (Wildman–Crippen MR) is 108 cm³/mol. The zero-order chi connectivity index (χ0) is 19.5. The molecule has 0 aliphatic heterocycles. The molecule has 3 heterocycles. The lowest BCUT2D eigenvalue weighted by Crippen LogP contribution is -2.28. The van der Waals surface area contributed by atoms with Gasteiger partial charge in [-0.15, -0.1) is 0 Å². The maximum absolute atomic E-state index is 12.1. The van der Waals surface area contributed by atoms with Gasteiger partial charge in [0.2, 0.25) is 5.91 Å². The molecule has 0 saturated heterocycles. The summed E-state index contributed by atoms with van der Waals surface area (Å²) in [6.07, 6.45) is 6.85. The van der Waals surface area contributed by atoms with E-state index >= 15 is 0 Å². The first-order chi connectivity index (χ1) is 13.2. The molecule has 1 atom stereocenters.